The molecule has 0 aromatic heterocycles. The lowest BCUT2D eigenvalue weighted by Crippen LogP contribution is -2.57. The first kappa shape index (κ1) is 20.8. The van der Waals surface area contributed by atoms with Gasteiger partial charge < -0.3 is 24.6 Å². The van der Waals surface area contributed by atoms with E-state index in [0.29, 0.717) is 31.9 Å². The fourth-order valence-corrected chi connectivity index (χ4v) is 3.28. The van der Waals surface area contributed by atoms with Crippen LogP contribution in [0.25, 0.3) is 0 Å². The molecule has 0 radical (unpaired) electrons. The van der Waals surface area contributed by atoms with Gasteiger partial charge >= 0.3 is 12.2 Å². The van der Waals surface area contributed by atoms with Crippen molar-refractivity contribution in [3.63, 3.8) is 0 Å². The third-order valence-electron chi connectivity index (χ3n) is 4.69. The Hall–Kier alpha value is -2.97. The average Bonchev–Trinajstić information content (AvgIpc) is 3.08. The zero-order chi connectivity index (χ0) is 21.0. The first-order valence-electron chi connectivity index (χ1n) is 9.72. The van der Waals surface area contributed by atoms with Crippen LogP contribution < -0.4 is 10.6 Å². The van der Waals surface area contributed by atoms with Crippen LogP contribution in [0.5, 0.6) is 0 Å². The van der Waals surface area contributed by atoms with Gasteiger partial charge in [0, 0.05) is 31.9 Å². The van der Waals surface area contributed by atoms with E-state index in [2.05, 4.69) is 25.3 Å². The number of ether oxygens (including phenoxy) is 2. The molecule has 0 spiro atoms. The molecule has 158 valence electrons. The fraction of sp³-hybridized carbons (Fsp3) is 0.550. The van der Waals surface area contributed by atoms with Gasteiger partial charge in [-0.3, -0.25) is 10.3 Å². The molecule has 1 atom stereocenters. The van der Waals surface area contributed by atoms with Crippen molar-refractivity contribution in [1.82, 2.24) is 15.1 Å². The molecule has 29 heavy (non-hydrogen) atoms. The summed E-state index contributed by atoms with van der Waals surface area (Å²) in [6.07, 6.45) is -0.757. The Morgan fingerprint density at radius 2 is 1.93 bits per heavy atom. The molecule has 2 heterocycles. The summed E-state index contributed by atoms with van der Waals surface area (Å²) in [5.41, 5.74) is 1.26. The molecule has 1 aromatic rings. The van der Waals surface area contributed by atoms with Crippen molar-refractivity contribution in [1.29, 1.82) is 0 Å². The minimum Gasteiger partial charge on any atom is -0.453 e. The molecule has 0 bridgehead atoms. The van der Waals surface area contributed by atoms with Crippen LogP contribution in [0.4, 0.5) is 15.3 Å². The van der Waals surface area contributed by atoms with E-state index in [1.54, 1.807) is 4.90 Å². The highest BCUT2D eigenvalue weighted by Gasteiger charge is 2.36. The van der Waals surface area contributed by atoms with E-state index in [1.807, 2.05) is 45.0 Å². The quantitative estimate of drug-likeness (QED) is 0.804. The maximum atomic E-state index is 12.3. The number of hydrogen-bond donors (Lipinski definition) is 2. The molecule has 1 saturated heterocycles. The smallest absolute Gasteiger partial charge is 0.411 e. The van der Waals surface area contributed by atoms with Crippen LogP contribution in [0.15, 0.2) is 29.3 Å². The second kappa shape index (κ2) is 8.59. The molecule has 2 amide bonds. The predicted octanol–water partition coefficient (Wildman–Crippen LogP) is 2.25. The lowest BCUT2D eigenvalue weighted by atomic mass is 10.2. The number of piperazine rings is 1. The van der Waals surface area contributed by atoms with Crippen LogP contribution in [0.2, 0.25) is 0 Å². The molecular weight excluding hydrogens is 374 g/mol. The standard InChI is InChI=1S/C20H29N5O4/c1-20(2,3)29-19(27)24-9-10-25-16(13-24)12-22-17(25)21-11-14-5-7-15(8-6-14)23-18(26)28-4/h5-8,16H,9-13H2,1-4H3,(H,21,22)(H,23,26). The van der Waals surface area contributed by atoms with Crippen LogP contribution >= 0.6 is 0 Å². The number of carbonyl (C=O) groups is 2. The summed E-state index contributed by atoms with van der Waals surface area (Å²) >= 11 is 0. The monoisotopic (exact) mass is 403 g/mol. The van der Waals surface area contributed by atoms with Crippen LogP contribution in [-0.2, 0) is 16.0 Å². The number of nitrogens with zero attached hydrogens (tertiary/aromatic N) is 3. The molecule has 3 rings (SSSR count). The number of methoxy groups -OCH3 is 1. The van der Waals surface area contributed by atoms with E-state index in [-0.39, 0.29) is 12.1 Å². The molecule has 2 N–H and O–H groups in total. The lowest BCUT2D eigenvalue weighted by Gasteiger charge is -2.39. The van der Waals surface area contributed by atoms with Crippen molar-refractivity contribution in [3.05, 3.63) is 29.8 Å². The van der Waals surface area contributed by atoms with Gasteiger partial charge in [0.25, 0.3) is 0 Å². The summed E-state index contributed by atoms with van der Waals surface area (Å²) in [7, 11) is 1.33. The highest BCUT2D eigenvalue weighted by atomic mass is 16.6. The number of benzene rings is 1. The molecule has 9 nitrogen and oxygen atoms in total. The third-order valence-corrected chi connectivity index (χ3v) is 4.69. The Kier molecular flexibility index (Phi) is 6.14. The van der Waals surface area contributed by atoms with Crippen LogP contribution in [-0.4, -0.2) is 72.9 Å². The number of carbonyl (C=O) groups excluding carboxylic acids is 2. The van der Waals surface area contributed by atoms with E-state index in [0.717, 1.165) is 18.1 Å². The minimum absolute atomic E-state index is 0.172. The largest absolute Gasteiger partial charge is 0.453 e. The Balaban J connectivity index is 1.48. The Bertz CT molecular complexity index is 772. The van der Waals surface area contributed by atoms with Crippen LogP contribution in [0.1, 0.15) is 26.3 Å². The zero-order valence-electron chi connectivity index (χ0n) is 17.4. The molecule has 1 unspecified atom stereocenters. The highest BCUT2D eigenvalue weighted by Crippen LogP contribution is 2.19. The van der Waals surface area contributed by atoms with Gasteiger partial charge in [-0.15, -0.1) is 0 Å². The molecular formula is C20H29N5O4. The number of guanidine groups is 1. The van der Waals surface area contributed by atoms with E-state index in [9.17, 15) is 9.59 Å². The second-order valence-electron chi connectivity index (χ2n) is 8.10. The first-order valence-corrected chi connectivity index (χ1v) is 9.72. The number of anilines is 1. The summed E-state index contributed by atoms with van der Waals surface area (Å²) in [6.45, 7) is 8.84. The van der Waals surface area contributed by atoms with E-state index in [4.69, 9.17) is 4.74 Å². The predicted molar refractivity (Wildman–Crippen MR) is 110 cm³/mol. The van der Waals surface area contributed by atoms with E-state index < -0.39 is 11.7 Å². The van der Waals surface area contributed by atoms with Gasteiger partial charge in [0.15, 0.2) is 5.96 Å². The number of rotatable bonds is 3. The molecule has 0 aliphatic carbocycles. The summed E-state index contributed by atoms with van der Waals surface area (Å²) in [6, 6.07) is 7.70. The summed E-state index contributed by atoms with van der Waals surface area (Å²) in [5, 5.41) is 6.00. The number of fused-ring (bicyclic) bond motifs is 1. The van der Waals surface area contributed by atoms with Crippen molar-refractivity contribution >= 4 is 23.8 Å². The minimum atomic E-state index is -0.493. The lowest BCUT2D eigenvalue weighted by molar-refractivity contribution is 0.0137. The highest BCUT2D eigenvalue weighted by molar-refractivity contribution is 5.84. The van der Waals surface area contributed by atoms with Gasteiger partial charge in [-0.05, 0) is 38.5 Å². The van der Waals surface area contributed by atoms with Crippen molar-refractivity contribution in [2.45, 2.75) is 39.0 Å². The topological polar surface area (TPSA) is 95.5 Å². The van der Waals surface area contributed by atoms with Crippen molar-refractivity contribution < 1.29 is 19.1 Å². The molecule has 9 heteroatoms. The SMILES string of the molecule is COC(=O)Nc1ccc(CNC2=NCC3CN(C(=O)OC(C)(C)C)CCN23)cc1. The number of hydrogen-bond acceptors (Lipinski definition) is 7. The van der Waals surface area contributed by atoms with E-state index >= 15 is 0 Å². The molecule has 2 aliphatic heterocycles. The van der Waals surface area contributed by atoms with Crippen LogP contribution in [0, 0.1) is 0 Å². The van der Waals surface area contributed by atoms with Gasteiger partial charge in [0.2, 0.25) is 0 Å². The number of nitrogens with one attached hydrogen (secondary N) is 2. The van der Waals surface area contributed by atoms with Gasteiger partial charge in [-0.2, -0.15) is 0 Å². The fourth-order valence-electron chi connectivity index (χ4n) is 3.28. The molecule has 2 aliphatic rings. The second-order valence-corrected chi connectivity index (χ2v) is 8.10. The molecule has 1 fully saturated rings. The van der Waals surface area contributed by atoms with Gasteiger partial charge in [0.05, 0.1) is 19.7 Å². The first-order chi connectivity index (χ1) is 13.7. The number of aliphatic imine (C=N–C) groups is 1. The molecule has 0 saturated carbocycles. The maximum Gasteiger partial charge on any atom is 0.411 e. The van der Waals surface area contributed by atoms with E-state index in [1.165, 1.54) is 7.11 Å². The summed E-state index contributed by atoms with van der Waals surface area (Å²) < 4.78 is 10.1. The van der Waals surface area contributed by atoms with Crippen molar-refractivity contribution in [2.24, 2.45) is 4.99 Å². The van der Waals surface area contributed by atoms with Crippen LogP contribution in [0.3, 0.4) is 0 Å². The van der Waals surface area contributed by atoms with Crippen molar-refractivity contribution in [3.8, 4) is 0 Å². The van der Waals surface area contributed by atoms with Gasteiger partial charge in [-0.25, -0.2) is 9.59 Å². The maximum absolute atomic E-state index is 12.3. The number of amides is 2. The average molecular weight is 403 g/mol. The Morgan fingerprint density at radius 3 is 2.59 bits per heavy atom. The molecule has 1 aromatic carbocycles. The third kappa shape index (κ3) is 5.52. The van der Waals surface area contributed by atoms with Crippen molar-refractivity contribution in [2.75, 3.05) is 38.6 Å². The normalized spacial score (nSPS) is 18.6. The Morgan fingerprint density at radius 1 is 1.21 bits per heavy atom. The van der Waals surface area contributed by atoms with Gasteiger partial charge in [0.1, 0.15) is 5.60 Å². The van der Waals surface area contributed by atoms with Gasteiger partial charge in [-0.1, -0.05) is 12.1 Å². The summed E-state index contributed by atoms with van der Waals surface area (Å²) in [5.74, 6) is 0.857. The zero-order valence-corrected chi connectivity index (χ0v) is 17.4. The Labute approximate surface area is 171 Å². The summed E-state index contributed by atoms with van der Waals surface area (Å²) in [4.78, 5) is 32.1.